The van der Waals surface area contributed by atoms with Gasteiger partial charge in [0.15, 0.2) is 5.11 Å². The summed E-state index contributed by atoms with van der Waals surface area (Å²) in [7, 11) is 0. The molecule has 0 saturated carbocycles. The molecule has 3 rings (SSSR count). The Morgan fingerprint density at radius 1 is 1.24 bits per heavy atom. The van der Waals surface area contributed by atoms with E-state index in [4.69, 9.17) is 17.0 Å². The van der Waals surface area contributed by atoms with Crippen LogP contribution in [0.2, 0.25) is 0 Å². The van der Waals surface area contributed by atoms with Gasteiger partial charge in [-0.1, -0.05) is 31.5 Å². The number of morpholine rings is 1. The van der Waals surface area contributed by atoms with Crippen LogP contribution in [-0.2, 0) is 11.2 Å². The van der Waals surface area contributed by atoms with Crippen molar-refractivity contribution in [3.8, 4) is 0 Å². The summed E-state index contributed by atoms with van der Waals surface area (Å²) in [6.07, 6.45) is 3.48. The van der Waals surface area contributed by atoms with Crippen molar-refractivity contribution in [3.63, 3.8) is 0 Å². The van der Waals surface area contributed by atoms with Crippen LogP contribution in [0.1, 0.15) is 25.5 Å². The van der Waals surface area contributed by atoms with E-state index in [1.807, 2.05) is 0 Å². The van der Waals surface area contributed by atoms with Crippen LogP contribution < -0.4 is 0 Å². The standard InChI is InChI=1S/C17H22N2OS/c1-2-3-7-15-13-14-6-4-5-8-16(14)19(15)17(21)18-9-11-20-12-10-18/h4-6,8,13H,2-3,7,9-12H2,1H3. The highest BCUT2D eigenvalue weighted by Gasteiger charge is 2.19. The molecule has 0 atom stereocenters. The molecule has 4 heteroatoms. The van der Waals surface area contributed by atoms with Crippen LogP contribution in [0.25, 0.3) is 10.9 Å². The van der Waals surface area contributed by atoms with Crippen molar-refractivity contribution in [2.75, 3.05) is 26.3 Å². The topological polar surface area (TPSA) is 17.4 Å². The molecular formula is C17H22N2OS. The number of benzene rings is 1. The molecule has 1 saturated heterocycles. The number of fused-ring (bicyclic) bond motifs is 1. The Balaban J connectivity index is 1.99. The molecule has 1 aliphatic heterocycles. The third-order valence-corrected chi connectivity index (χ3v) is 4.49. The van der Waals surface area contributed by atoms with E-state index < -0.39 is 0 Å². The first-order valence-electron chi connectivity index (χ1n) is 7.77. The van der Waals surface area contributed by atoms with E-state index >= 15 is 0 Å². The summed E-state index contributed by atoms with van der Waals surface area (Å²) in [6, 6.07) is 10.8. The molecular weight excluding hydrogens is 280 g/mol. The van der Waals surface area contributed by atoms with Gasteiger partial charge in [0.2, 0.25) is 0 Å². The van der Waals surface area contributed by atoms with Crippen LogP contribution in [0.3, 0.4) is 0 Å². The molecule has 0 amide bonds. The second kappa shape index (κ2) is 6.58. The second-order valence-electron chi connectivity index (χ2n) is 5.52. The zero-order chi connectivity index (χ0) is 14.7. The largest absolute Gasteiger partial charge is 0.378 e. The average Bonchev–Trinajstić information content (AvgIpc) is 2.91. The van der Waals surface area contributed by atoms with Gasteiger partial charge in [-0.05, 0) is 37.2 Å². The van der Waals surface area contributed by atoms with E-state index in [1.165, 1.54) is 29.4 Å². The Hall–Kier alpha value is -1.39. The van der Waals surface area contributed by atoms with Crippen molar-refractivity contribution >= 4 is 28.2 Å². The summed E-state index contributed by atoms with van der Waals surface area (Å²) in [5.74, 6) is 0. The van der Waals surface area contributed by atoms with Gasteiger partial charge in [-0.3, -0.25) is 4.57 Å². The molecule has 0 N–H and O–H groups in total. The fourth-order valence-corrected chi connectivity index (χ4v) is 3.27. The lowest BCUT2D eigenvalue weighted by Gasteiger charge is -2.30. The molecule has 1 aliphatic rings. The van der Waals surface area contributed by atoms with Gasteiger partial charge in [-0.15, -0.1) is 0 Å². The summed E-state index contributed by atoms with van der Waals surface area (Å²) in [5.41, 5.74) is 2.55. The van der Waals surface area contributed by atoms with E-state index in [9.17, 15) is 0 Å². The molecule has 0 spiro atoms. The quantitative estimate of drug-likeness (QED) is 0.809. The number of ether oxygens (including phenoxy) is 1. The number of nitrogens with zero attached hydrogens (tertiary/aromatic N) is 2. The predicted octanol–water partition coefficient (Wildman–Crippen LogP) is 3.45. The van der Waals surface area contributed by atoms with Crippen LogP contribution in [0, 0.1) is 0 Å². The average molecular weight is 302 g/mol. The third-order valence-electron chi connectivity index (χ3n) is 4.05. The fraction of sp³-hybridized carbons (Fsp3) is 0.471. The summed E-state index contributed by atoms with van der Waals surface area (Å²) in [4.78, 5) is 2.26. The van der Waals surface area contributed by atoms with Crippen LogP contribution in [0.15, 0.2) is 30.3 Å². The SMILES string of the molecule is CCCCc1cc2ccccc2n1C(=S)N1CCOCC1. The summed E-state index contributed by atoms with van der Waals surface area (Å²) in [5, 5.41) is 2.20. The minimum absolute atomic E-state index is 0.767. The molecule has 0 aliphatic carbocycles. The zero-order valence-electron chi connectivity index (χ0n) is 12.5. The van der Waals surface area contributed by atoms with E-state index in [1.54, 1.807) is 0 Å². The molecule has 1 fully saturated rings. The number of hydrogen-bond acceptors (Lipinski definition) is 2. The van der Waals surface area contributed by atoms with Gasteiger partial charge >= 0.3 is 0 Å². The third kappa shape index (κ3) is 2.97. The molecule has 1 aromatic heterocycles. The first-order valence-corrected chi connectivity index (χ1v) is 8.18. The second-order valence-corrected chi connectivity index (χ2v) is 5.88. The van der Waals surface area contributed by atoms with Crippen molar-refractivity contribution in [3.05, 3.63) is 36.0 Å². The van der Waals surface area contributed by atoms with E-state index in [2.05, 4.69) is 46.7 Å². The van der Waals surface area contributed by atoms with E-state index in [0.29, 0.717) is 0 Å². The van der Waals surface area contributed by atoms with E-state index in [0.717, 1.165) is 37.8 Å². The maximum absolute atomic E-state index is 5.79. The molecule has 0 unspecified atom stereocenters. The molecule has 2 heterocycles. The number of para-hydroxylation sites is 1. The lowest BCUT2D eigenvalue weighted by Crippen LogP contribution is -2.43. The van der Waals surface area contributed by atoms with Crippen LogP contribution in [0.5, 0.6) is 0 Å². The summed E-state index contributed by atoms with van der Waals surface area (Å²) < 4.78 is 7.71. The van der Waals surface area contributed by atoms with Gasteiger partial charge in [0, 0.05) is 24.2 Å². The minimum atomic E-state index is 0.767. The number of aromatic nitrogens is 1. The Morgan fingerprint density at radius 3 is 2.76 bits per heavy atom. The fourth-order valence-electron chi connectivity index (χ4n) is 2.88. The molecule has 1 aromatic carbocycles. The number of thiocarbonyl (C=S) groups is 1. The van der Waals surface area contributed by atoms with Crippen LogP contribution in [0.4, 0.5) is 0 Å². The summed E-state index contributed by atoms with van der Waals surface area (Å²) in [6.45, 7) is 5.54. The van der Waals surface area contributed by atoms with Crippen molar-refractivity contribution < 1.29 is 4.74 Å². The number of unbranched alkanes of at least 4 members (excludes halogenated alkanes) is 1. The first kappa shape index (κ1) is 14.5. The number of aryl methyl sites for hydroxylation is 1. The molecule has 112 valence electrons. The van der Waals surface area contributed by atoms with Gasteiger partial charge in [-0.25, -0.2) is 0 Å². The first-order chi connectivity index (χ1) is 10.3. The molecule has 2 aromatic rings. The van der Waals surface area contributed by atoms with Crippen LogP contribution in [-0.4, -0.2) is 40.9 Å². The lowest BCUT2D eigenvalue weighted by molar-refractivity contribution is 0.0679. The maximum Gasteiger partial charge on any atom is 0.180 e. The molecule has 0 radical (unpaired) electrons. The maximum atomic E-state index is 5.79. The van der Waals surface area contributed by atoms with Crippen molar-refractivity contribution in [2.24, 2.45) is 0 Å². The number of rotatable bonds is 3. The van der Waals surface area contributed by atoms with E-state index in [-0.39, 0.29) is 0 Å². The van der Waals surface area contributed by atoms with Gasteiger partial charge in [0.05, 0.1) is 18.7 Å². The number of hydrogen-bond donors (Lipinski definition) is 0. The minimum Gasteiger partial charge on any atom is -0.378 e. The predicted molar refractivity (Wildman–Crippen MR) is 90.9 cm³/mol. The van der Waals surface area contributed by atoms with Crippen molar-refractivity contribution in [1.82, 2.24) is 9.47 Å². The van der Waals surface area contributed by atoms with Gasteiger partial charge in [-0.2, -0.15) is 0 Å². The summed E-state index contributed by atoms with van der Waals surface area (Å²) >= 11 is 5.79. The molecule has 21 heavy (non-hydrogen) atoms. The van der Waals surface area contributed by atoms with Gasteiger partial charge < -0.3 is 9.64 Å². The highest BCUT2D eigenvalue weighted by Crippen LogP contribution is 2.22. The molecule has 0 bridgehead atoms. The highest BCUT2D eigenvalue weighted by molar-refractivity contribution is 7.80. The van der Waals surface area contributed by atoms with Crippen LogP contribution >= 0.6 is 12.2 Å². The molecule has 3 nitrogen and oxygen atoms in total. The Kier molecular flexibility index (Phi) is 4.56. The lowest BCUT2D eigenvalue weighted by atomic mass is 10.2. The smallest absolute Gasteiger partial charge is 0.180 e. The Morgan fingerprint density at radius 2 is 2.00 bits per heavy atom. The monoisotopic (exact) mass is 302 g/mol. The van der Waals surface area contributed by atoms with Crippen molar-refractivity contribution in [1.29, 1.82) is 0 Å². The Labute approximate surface area is 131 Å². The van der Waals surface area contributed by atoms with Gasteiger partial charge in [0.25, 0.3) is 0 Å². The van der Waals surface area contributed by atoms with Crippen molar-refractivity contribution in [2.45, 2.75) is 26.2 Å². The normalized spacial score (nSPS) is 15.6. The highest BCUT2D eigenvalue weighted by atomic mass is 32.1. The van der Waals surface area contributed by atoms with Gasteiger partial charge in [0.1, 0.15) is 0 Å². The zero-order valence-corrected chi connectivity index (χ0v) is 13.4. The Bertz CT molecular complexity index is 629.